The van der Waals surface area contributed by atoms with E-state index in [9.17, 15) is 9.90 Å². The van der Waals surface area contributed by atoms with E-state index < -0.39 is 0 Å². The average molecular weight is 325 g/mol. The van der Waals surface area contributed by atoms with Crippen LogP contribution in [0.15, 0.2) is 4.99 Å². The molecule has 23 heavy (non-hydrogen) atoms. The lowest BCUT2D eigenvalue weighted by molar-refractivity contribution is -0.146. The molecule has 2 aliphatic rings. The minimum absolute atomic E-state index is 0.00202. The molecule has 2 fully saturated rings. The van der Waals surface area contributed by atoms with Crippen molar-refractivity contribution in [1.29, 1.82) is 0 Å². The fourth-order valence-corrected chi connectivity index (χ4v) is 3.71. The fourth-order valence-electron chi connectivity index (χ4n) is 3.71. The summed E-state index contributed by atoms with van der Waals surface area (Å²) in [4.78, 5) is 18.1. The van der Waals surface area contributed by atoms with Gasteiger partial charge in [0.15, 0.2) is 5.96 Å². The molecule has 0 aromatic carbocycles. The van der Waals surface area contributed by atoms with Crippen LogP contribution in [0.4, 0.5) is 0 Å². The third-order valence-electron chi connectivity index (χ3n) is 5.20. The van der Waals surface area contributed by atoms with Crippen LogP contribution >= 0.6 is 0 Å². The van der Waals surface area contributed by atoms with Gasteiger partial charge >= 0.3 is 5.97 Å². The van der Waals surface area contributed by atoms with Crippen molar-refractivity contribution in [2.75, 3.05) is 33.8 Å². The Morgan fingerprint density at radius 3 is 2.48 bits per heavy atom. The van der Waals surface area contributed by atoms with Gasteiger partial charge in [0.05, 0.1) is 19.1 Å². The van der Waals surface area contributed by atoms with Crippen LogP contribution in [0.3, 0.4) is 0 Å². The van der Waals surface area contributed by atoms with E-state index in [1.165, 1.54) is 26.4 Å². The standard InChI is InChI=1S/C17H31N3O3/c1-18-17(19-12-15(21)13-6-4-3-5-7-13)20-10-8-14(9-11-20)16(22)23-2/h13-15,21H,3-12H2,1-2H3,(H,18,19). The molecular weight excluding hydrogens is 294 g/mol. The molecule has 1 aliphatic carbocycles. The number of aliphatic hydroxyl groups is 1. The van der Waals surface area contributed by atoms with Gasteiger partial charge in [-0.3, -0.25) is 9.79 Å². The van der Waals surface area contributed by atoms with Gasteiger partial charge in [-0.15, -0.1) is 0 Å². The van der Waals surface area contributed by atoms with E-state index in [2.05, 4.69) is 15.2 Å². The van der Waals surface area contributed by atoms with Crippen molar-refractivity contribution in [3.8, 4) is 0 Å². The number of rotatable bonds is 4. The molecule has 1 aliphatic heterocycles. The summed E-state index contributed by atoms with van der Waals surface area (Å²) in [7, 11) is 3.21. The maximum Gasteiger partial charge on any atom is 0.308 e. The molecule has 6 heteroatoms. The normalized spacial score (nSPS) is 22.7. The molecular formula is C17H31N3O3. The number of aliphatic imine (C=N–C) groups is 1. The summed E-state index contributed by atoms with van der Waals surface area (Å²) >= 11 is 0. The number of carbonyl (C=O) groups is 1. The molecule has 0 bridgehead atoms. The summed E-state index contributed by atoms with van der Waals surface area (Å²) in [6.07, 6.45) is 7.30. The predicted octanol–water partition coefficient (Wildman–Crippen LogP) is 1.39. The minimum Gasteiger partial charge on any atom is -0.469 e. The molecule has 6 nitrogen and oxygen atoms in total. The Hall–Kier alpha value is -1.30. The Morgan fingerprint density at radius 2 is 1.91 bits per heavy atom. The van der Waals surface area contributed by atoms with Crippen molar-refractivity contribution in [3.63, 3.8) is 0 Å². The summed E-state index contributed by atoms with van der Waals surface area (Å²) in [5.74, 6) is 1.13. The Kier molecular flexibility index (Phi) is 7.15. The van der Waals surface area contributed by atoms with Gasteiger partial charge in [-0.1, -0.05) is 19.3 Å². The number of hydrogen-bond acceptors (Lipinski definition) is 4. The number of nitrogens with zero attached hydrogens (tertiary/aromatic N) is 2. The zero-order valence-corrected chi connectivity index (χ0v) is 14.5. The first kappa shape index (κ1) is 18.0. The van der Waals surface area contributed by atoms with E-state index in [1.807, 2.05) is 0 Å². The zero-order valence-electron chi connectivity index (χ0n) is 14.5. The van der Waals surface area contributed by atoms with Crippen LogP contribution in [-0.2, 0) is 9.53 Å². The summed E-state index contributed by atoms with van der Waals surface area (Å²) in [5.41, 5.74) is 0. The number of nitrogens with one attached hydrogen (secondary N) is 1. The summed E-state index contributed by atoms with van der Waals surface area (Å²) < 4.78 is 4.82. The first-order chi connectivity index (χ1) is 11.2. The lowest BCUT2D eigenvalue weighted by atomic mass is 9.85. The second-order valence-electron chi connectivity index (χ2n) is 6.68. The molecule has 0 aromatic rings. The van der Waals surface area contributed by atoms with Crippen LogP contribution in [-0.4, -0.2) is 61.8 Å². The molecule has 1 saturated carbocycles. The van der Waals surface area contributed by atoms with Crippen molar-refractivity contribution in [2.45, 2.75) is 51.0 Å². The maximum atomic E-state index is 11.6. The van der Waals surface area contributed by atoms with Crippen LogP contribution in [0.1, 0.15) is 44.9 Å². The second-order valence-corrected chi connectivity index (χ2v) is 6.68. The van der Waals surface area contributed by atoms with Gasteiger partial charge in [-0.2, -0.15) is 0 Å². The molecule has 1 unspecified atom stereocenters. The Morgan fingerprint density at radius 1 is 1.26 bits per heavy atom. The number of ether oxygens (including phenoxy) is 1. The lowest BCUT2D eigenvalue weighted by Crippen LogP contribution is -2.49. The van der Waals surface area contributed by atoms with Crippen molar-refractivity contribution in [3.05, 3.63) is 0 Å². The second kappa shape index (κ2) is 9.11. The molecule has 0 amide bonds. The van der Waals surface area contributed by atoms with Gasteiger partial charge < -0.3 is 20.1 Å². The number of hydrogen-bond donors (Lipinski definition) is 2. The quantitative estimate of drug-likeness (QED) is 0.464. The van der Waals surface area contributed by atoms with E-state index in [0.717, 1.165) is 44.7 Å². The van der Waals surface area contributed by atoms with E-state index in [4.69, 9.17) is 4.74 Å². The fraction of sp³-hybridized carbons (Fsp3) is 0.882. The van der Waals surface area contributed by atoms with Gasteiger partial charge in [0.2, 0.25) is 0 Å². The predicted molar refractivity (Wildman–Crippen MR) is 90.3 cm³/mol. The highest BCUT2D eigenvalue weighted by Crippen LogP contribution is 2.26. The topological polar surface area (TPSA) is 74.2 Å². The number of likely N-dealkylation sites (tertiary alicyclic amines) is 1. The third-order valence-corrected chi connectivity index (χ3v) is 5.20. The van der Waals surface area contributed by atoms with Crippen LogP contribution < -0.4 is 5.32 Å². The Labute approximate surface area is 139 Å². The van der Waals surface area contributed by atoms with Gasteiger partial charge in [-0.25, -0.2) is 0 Å². The number of esters is 1. The highest BCUT2D eigenvalue weighted by molar-refractivity contribution is 5.80. The van der Waals surface area contributed by atoms with Gasteiger partial charge in [0.25, 0.3) is 0 Å². The van der Waals surface area contributed by atoms with Crippen LogP contribution in [0.5, 0.6) is 0 Å². The van der Waals surface area contributed by atoms with Crippen LogP contribution in [0.25, 0.3) is 0 Å². The van der Waals surface area contributed by atoms with E-state index >= 15 is 0 Å². The number of methoxy groups -OCH3 is 1. The van der Waals surface area contributed by atoms with Crippen molar-refractivity contribution in [1.82, 2.24) is 10.2 Å². The molecule has 2 rings (SSSR count). The van der Waals surface area contributed by atoms with Crippen LogP contribution in [0, 0.1) is 11.8 Å². The van der Waals surface area contributed by atoms with Crippen molar-refractivity contribution < 1.29 is 14.6 Å². The molecule has 0 aromatic heterocycles. The molecule has 0 radical (unpaired) electrons. The van der Waals surface area contributed by atoms with E-state index in [0.29, 0.717) is 12.5 Å². The largest absolute Gasteiger partial charge is 0.469 e. The molecule has 2 N–H and O–H groups in total. The van der Waals surface area contributed by atoms with E-state index in [1.54, 1.807) is 7.05 Å². The number of piperidine rings is 1. The average Bonchev–Trinajstić information content (AvgIpc) is 2.62. The van der Waals surface area contributed by atoms with Crippen molar-refractivity contribution in [2.24, 2.45) is 16.8 Å². The number of aliphatic hydroxyl groups excluding tert-OH is 1. The monoisotopic (exact) mass is 325 g/mol. The SMILES string of the molecule is CN=C(NCC(O)C1CCCCC1)N1CCC(C(=O)OC)CC1. The Balaban J connectivity index is 1.76. The lowest BCUT2D eigenvalue weighted by Gasteiger charge is -2.34. The smallest absolute Gasteiger partial charge is 0.308 e. The van der Waals surface area contributed by atoms with Gasteiger partial charge in [-0.05, 0) is 31.6 Å². The Bertz CT molecular complexity index is 400. The van der Waals surface area contributed by atoms with Gasteiger partial charge in [0, 0.05) is 26.7 Å². The summed E-state index contributed by atoms with van der Waals surface area (Å²) in [5, 5.41) is 13.7. The minimum atomic E-state index is -0.306. The highest BCUT2D eigenvalue weighted by Gasteiger charge is 2.27. The van der Waals surface area contributed by atoms with Crippen molar-refractivity contribution >= 4 is 11.9 Å². The van der Waals surface area contributed by atoms with E-state index in [-0.39, 0.29) is 18.0 Å². The number of carbonyl (C=O) groups excluding carboxylic acids is 1. The molecule has 1 heterocycles. The van der Waals surface area contributed by atoms with Crippen LogP contribution in [0.2, 0.25) is 0 Å². The summed E-state index contributed by atoms with van der Waals surface area (Å²) in [6.45, 7) is 2.13. The zero-order chi connectivity index (χ0) is 16.7. The maximum absolute atomic E-state index is 11.6. The first-order valence-electron chi connectivity index (χ1n) is 8.87. The molecule has 1 saturated heterocycles. The summed E-state index contributed by atoms with van der Waals surface area (Å²) in [6, 6.07) is 0. The molecule has 0 spiro atoms. The third kappa shape index (κ3) is 5.09. The highest BCUT2D eigenvalue weighted by atomic mass is 16.5. The molecule has 132 valence electrons. The van der Waals surface area contributed by atoms with Gasteiger partial charge in [0.1, 0.15) is 0 Å². The first-order valence-corrected chi connectivity index (χ1v) is 8.87. The number of guanidine groups is 1. The molecule has 1 atom stereocenters.